The summed E-state index contributed by atoms with van der Waals surface area (Å²) in [5, 5.41) is 0.572. The number of halogens is 2. The standard InChI is InChI=1S/C15H20ClFO/c1-12(2)7-4-3-5-10-18-11-13-14(16)8-6-9-15(13)17/h9,12H,4,6-8,10-11H2,1-2H3. The molecule has 0 spiro atoms. The molecule has 0 aromatic heterocycles. The van der Waals surface area contributed by atoms with Crippen LogP contribution < -0.4 is 0 Å². The second-order valence-corrected chi connectivity index (χ2v) is 5.21. The van der Waals surface area contributed by atoms with Crippen LogP contribution in [0.5, 0.6) is 0 Å². The summed E-state index contributed by atoms with van der Waals surface area (Å²) >= 11 is 5.96. The van der Waals surface area contributed by atoms with Crippen molar-refractivity contribution in [2.24, 2.45) is 5.92 Å². The van der Waals surface area contributed by atoms with E-state index in [0.29, 0.717) is 36.0 Å². The minimum Gasteiger partial charge on any atom is -0.364 e. The van der Waals surface area contributed by atoms with E-state index in [2.05, 4.69) is 25.7 Å². The Morgan fingerprint density at radius 2 is 2.22 bits per heavy atom. The lowest BCUT2D eigenvalue weighted by Crippen LogP contribution is -2.04. The van der Waals surface area contributed by atoms with E-state index in [-0.39, 0.29) is 12.4 Å². The average Bonchev–Trinajstić information content (AvgIpc) is 2.30. The average molecular weight is 271 g/mol. The van der Waals surface area contributed by atoms with Crippen molar-refractivity contribution in [2.75, 3.05) is 13.2 Å². The summed E-state index contributed by atoms with van der Waals surface area (Å²) in [7, 11) is 0. The Morgan fingerprint density at radius 3 is 2.89 bits per heavy atom. The molecule has 0 aliphatic heterocycles. The van der Waals surface area contributed by atoms with Gasteiger partial charge >= 0.3 is 0 Å². The number of hydrogen-bond donors (Lipinski definition) is 0. The van der Waals surface area contributed by atoms with Gasteiger partial charge in [0.05, 0.1) is 6.61 Å². The molecule has 18 heavy (non-hydrogen) atoms. The molecule has 3 heteroatoms. The summed E-state index contributed by atoms with van der Waals surface area (Å²) < 4.78 is 18.7. The quantitative estimate of drug-likeness (QED) is 0.525. The normalized spacial score (nSPS) is 15.5. The molecule has 0 fully saturated rings. The SMILES string of the molecule is CC(C)CCC#CCOCC1=C(Cl)CCC=C1F. The Kier molecular flexibility index (Phi) is 7.08. The first kappa shape index (κ1) is 15.3. The van der Waals surface area contributed by atoms with E-state index in [1.54, 1.807) is 6.08 Å². The molecule has 1 aliphatic rings. The van der Waals surface area contributed by atoms with Gasteiger partial charge < -0.3 is 4.74 Å². The molecule has 0 heterocycles. The van der Waals surface area contributed by atoms with Crippen LogP contribution in [0.15, 0.2) is 22.5 Å². The molecule has 1 nitrogen and oxygen atoms in total. The van der Waals surface area contributed by atoms with Crippen molar-refractivity contribution in [2.45, 2.75) is 39.5 Å². The fourth-order valence-corrected chi connectivity index (χ4v) is 1.83. The highest BCUT2D eigenvalue weighted by molar-refractivity contribution is 6.30. The maximum Gasteiger partial charge on any atom is 0.125 e. The fourth-order valence-electron chi connectivity index (χ4n) is 1.58. The van der Waals surface area contributed by atoms with Crippen LogP contribution in [0.2, 0.25) is 0 Å². The second-order valence-electron chi connectivity index (χ2n) is 4.75. The summed E-state index contributed by atoms with van der Waals surface area (Å²) in [4.78, 5) is 0. The minimum absolute atomic E-state index is 0.208. The molecule has 0 bridgehead atoms. The summed E-state index contributed by atoms with van der Waals surface area (Å²) in [6, 6.07) is 0. The maximum atomic E-state index is 13.4. The van der Waals surface area contributed by atoms with Gasteiger partial charge in [-0.15, -0.1) is 5.92 Å². The number of hydrogen-bond acceptors (Lipinski definition) is 1. The molecule has 0 aromatic carbocycles. The Bertz CT molecular complexity index is 385. The first-order valence-electron chi connectivity index (χ1n) is 6.38. The number of rotatable bonds is 5. The van der Waals surface area contributed by atoms with Crippen LogP contribution >= 0.6 is 11.6 Å². The zero-order valence-corrected chi connectivity index (χ0v) is 11.8. The molecule has 0 atom stereocenters. The maximum absolute atomic E-state index is 13.4. The lowest BCUT2D eigenvalue weighted by atomic mass is 10.1. The molecule has 1 rings (SSSR count). The van der Waals surface area contributed by atoms with Gasteiger partial charge in [0.2, 0.25) is 0 Å². The molecule has 0 unspecified atom stereocenters. The van der Waals surface area contributed by atoms with Crippen molar-refractivity contribution in [1.82, 2.24) is 0 Å². The predicted molar refractivity (Wildman–Crippen MR) is 74.0 cm³/mol. The van der Waals surface area contributed by atoms with E-state index < -0.39 is 0 Å². The molecule has 0 saturated carbocycles. The Balaban J connectivity index is 2.24. The molecule has 0 N–H and O–H groups in total. The highest BCUT2D eigenvalue weighted by Gasteiger charge is 2.14. The summed E-state index contributed by atoms with van der Waals surface area (Å²) in [6.07, 6.45) is 4.91. The topological polar surface area (TPSA) is 9.23 Å². The third-order valence-corrected chi connectivity index (χ3v) is 3.11. The zero-order valence-electron chi connectivity index (χ0n) is 11.1. The molecular weight excluding hydrogens is 251 g/mol. The summed E-state index contributed by atoms with van der Waals surface area (Å²) in [5.41, 5.74) is 0.479. The second kappa shape index (κ2) is 8.34. The Labute approximate surface area is 114 Å². The molecule has 0 saturated heterocycles. The van der Waals surface area contributed by atoms with Crippen molar-refractivity contribution in [3.05, 3.63) is 22.5 Å². The Morgan fingerprint density at radius 1 is 1.44 bits per heavy atom. The van der Waals surface area contributed by atoms with Gasteiger partial charge in [-0.2, -0.15) is 0 Å². The van der Waals surface area contributed by atoms with Gasteiger partial charge in [0.25, 0.3) is 0 Å². The van der Waals surface area contributed by atoms with Crippen LogP contribution in [-0.2, 0) is 4.74 Å². The lowest BCUT2D eigenvalue weighted by molar-refractivity contribution is 0.190. The van der Waals surface area contributed by atoms with E-state index in [0.717, 1.165) is 12.8 Å². The van der Waals surface area contributed by atoms with Gasteiger partial charge in [-0.1, -0.05) is 31.4 Å². The number of ether oxygens (including phenoxy) is 1. The molecule has 0 aromatic rings. The van der Waals surface area contributed by atoms with E-state index in [1.165, 1.54) is 0 Å². The summed E-state index contributed by atoms with van der Waals surface area (Å²) in [5.74, 6) is 6.40. The molecule has 0 radical (unpaired) electrons. The lowest BCUT2D eigenvalue weighted by Gasteiger charge is -2.12. The third-order valence-electron chi connectivity index (χ3n) is 2.70. The van der Waals surface area contributed by atoms with Gasteiger partial charge in [0.15, 0.2) is 0 Å². The van der Waals surface area contributed by atoms with Gasteiger partial charge in [-0.3, -0.25) is 0 Å². The molecular formula is C15H20ClFO. The van der Waals surface area contributed by atoms with Crippen molar-refractivity contribution >= 4 is 11.6 Å². The summed E-state index contributed by atoms with van der Waals surface area (Å²) in [6.45, 7) is 4.88. The van der Waals surface area contributed by atoms with Crippen LogP contribution in [0, 0.1) is 17.8 Å². The van der Waals surface area contributed by atoms with Gasteiger partial charge in [-0.25, -0.2) is 4.39 Å². The molecule has 0 amide bonds. The Hall–Kier alpha value is -0.780. The fraction of sp³-hybridized carbons (Fsp3) is 0.600. The number of allylic oxidation sites excluding steroid dienone is 2. The highest BCUT2D eigenvalue weighted by atomic mass is 35.5. The third kappa shape index (κ3) is 5.71. The monoisotopic (exact) mass is 270 g/mol. The van der Waals surface area contributed by atoms with Crippen molar-refractivity contribution in [3.8, 4) is 11.8 Å². The van der Waals surface area contributed by atoms with E-state index in [1.807, 2.05) is 0 Å². The first-order chi connectivity index (χ1) is 8.61. The van der Waals surface area contributed by atoms with Gasteiger partial charge in [-0.05, 0) is 31.3 Å². The van der Waals surface area contributed by atoms with Crippen LogP contribution in [0.25, 0.3) is 0 Å². The zero-order chi connectivity index (χ0) is 13.4. The first-order valence-corrected chi connectivity index (χ1v) is 6.76. The van der Waals surface area contributed by atoms with Crippen molar-refractivity contribution in [1.29, 1.82) is 0 Å². The minimum atomic E-state index is -0.251. The molecule has 1 aliphatic carbocycles. The van der Waals surface area contributed by atoms with Gasteiger partial charge in [0.1, 0.15) is 12.4 Å². The van der Waals surface area contributed by atoms with Gasteiger partial charge in [0, 0.05) is 17.0 Å². The molecule has 100 valence electrons. The predicted octanol–water partition coefficient (Wildman–Crippen LogP) is 4.58. The smallest absolute Gasteiger partial charge is 0.125 e. The van der Waals surface area contributed by atoms with Crippen LogP contribution in [0.4, 0.5) is 4.39 Å². The van der Waals surface area contributed by atoms with Crippen molar-refractivity contribution in [3.63, 3.8) is 0 Å². The highest BCUT2D eigenvalue weighted by Crippen LogP contribution is 2.28. The largest absolute Gasteiger partial charge is 0.364 e. The van der Waals surface area contributed by atoms with Crippen LogP contribution in [0.3, 0.4) is 0 Å². The van der Waals surface area contributed by atoms with Crippen LogP contribution in [0.1, 0.15) is 39.5 Å². The van der Waals surface area contributed by atoms with E-state index >= 15 is 0 Å². The van der Waals surface area contributed by atoms with Crippen LogP contribution in [-0.4, -0.2) is 13.2 Å². The van der Waals surface area contributed by atoms with Crippen molar-refractivity contribution < 1.29 is 9.13 Å². The van der Waals surface area contributed by atoms with E-state index in [9.17, 15) is 4.39 Å². The van der Waals surface area contributed by atoms with E-state index in [4.69, 9.17) is 16.3 Å².